The molecule has 1 N–H and O–H groups in total. The minimum atomic E-state index is -1.02. The maximum absolute atomic E-state index is 12.6. The molecule has 5 nitrogen and oxygen atoms in total. The summed E-state index contributed by atoms with van der Waals surface area (Å²) in [6, 6.07) is 13.6. The quantitative estimate of drug-likeness (QED) is 0.621. The average Bonchev–Trinajstić information content (AvgIpc) is 2.63. The maximum Gasteiger partial charge on any atom is 0.339 e. The van der Waals surface area contributed by atoms with E-state index in [0.717, 1.165) is 0 Å². The number of halogens is 2. The third kappa shape index (κ3) is 4.38. The second kappa shape index (κ2) is 7.94. The molecule has 0 unspecified atom stereocenters. The van der Waals surface area contributed by atoms with E-state index in [2.05, 4.69) is 10.3 Å². The van der Waals surface area contributed by atoms with Crippen molar-refractivity contribution in [2.75, 3.05) is 5.32 Å². The third-order valence-corrected chi connectivity index (χ3v) is 4.45. The van der Waals surface area contributed by atoms with Crippen molar-refractivity contribution in [2.24, 2.45) is 0 Å². The zero-order valence-corrected chi connectivity index (χ0v) is 16.1. The second-order valence-corrected chi connectivity index (χ2v) is 6.83. The summed E-state index contributed by atoms with van der Waals surface area (Å²) in [6.07, 6.45) is -1.02. The molecule has 138 valence electrons. The van der Waals surface area contributed by atoms with Crippen LogP contribution < -0.4 is 5.32 Å². The van der Waals surface area contributed by atoms with Gasteiger partial charge in [-0.25, -0.2) is 4.79 Å². The summed E-state index contributed by atoms with van der Waals surface area (Å²) in [4.78, 5) is 29.4. The van der Waals surface area contributed by atoms with E-state index in [0.29, 0.717) is 37.9 Å². The fourth-order valence-corrected chi connectivity index (χ4v) is 3.04. The predicted octanol–water partition coefficient (Wildman–Crippen LogP) is 5.03. The summed E-state index contributed by atoms with van der Waals surface area (Å²) in [7, 11) is 0. The van der Waals surface area contributed by atoms with Crippen LogP contribution >= 0.6 is 23.2 Å². The zero-order valence-electron chi connectivity index (χ0n) is 14.6. The standard InChI is InChI=1S/C20H16Cl2N2O3/c1-11-9-15(14-5-3-4-6-17(14)23-11)20(26)27-12(2)19(25)24-18-8-7-13(21)10-16(18)22/h3-10,12H,1-2H3,(H,24,25)/t12-/m0/s1. The number of hydrogen-bond donors (Lipinski definition) is 1. The van der Waals surface area contributed by atoms with E-state index in [9.17, 15) is 9.59 Å². The number of fused-ring (bicyclic) bond motifs is 1. The van der Waals surface area contributed by atoms with Crippen molar-refractivity contribution in [2.45, 2.75) is 20.0 Å². The number of aryl methyl sites for hydroxylation is 1. The fraction of sp³-hybridized carbons (Fsp3) is 0.150. The van der Waals surface area contributed by atoms with E-state index in [1.165, 1.54) is 13.0 Å². The Morgan fingerprint density at radius 1 is 1.11 bits per heavy atom. The number of pyridine rings is 1. The molecule has 3 rings (SSSR count). The molecule has 0 radical (unpaired) electrons. The molecule has 1 aromatic heterocycles. The fourth-order valence-electron chi connectivity index (χ4n) is 2.58. The lowest BCUT2D eigenvalue weighted by Crippen LogP contribution is -2.30. The minimum Gasteiger partial charge on any atom is -0.449 e. The van der Waals surface area contributed by atoms with Gasteiger partial charge in [-0.1, -0.05) is 41.4 Å². The van der Waals surface area contributed by atoms with Crippen molar-refractivity contribution in [1.82, 2.24) is 4.98 Å². The molecule has 0 aliphatic rings. The van der Waals surface area contributed by atoms with Crippen LogP contribution in [-0.2, 0) is 9.53 Å². The molecule has 27 heavy (non-hydrogen) atoms. The number of carbonyl (C=O) groups excluding carboxylic acids is 2. The number of amides is 1. The molecule has 2 aromatic carbocycles. The van der Waals surface area contributed by atoms with Gasteiger partial charge in [0.2, 0.25) is 0 Å². The topological polar surface area (TPSA) is 68.3 Å². The summed E-state index contributed by atoms with van der Waals surface area (Å²) in [5.74, 6) is -1.09. The van der Waals surface area contributed by atoms with E-state index in [4.69, 9.17) is 27.9 Å². The third-order valence-electron chi connectivity index (χ3n) is 3.91. The first kappa shape index (κ1) is 19.1. The van der Waals surface area contributed by atoms with Crippen LogP contribution in [0.3, 0.4) is 0 Å². The molecule has 1 amide bonds. The molecular formula is C20H16Cl2N2O3. The van der Waals surface area contributed by atoms with Gasteiger partial charge in [0.15, 0.2) is 6.10 Å². The maximum atomic E-state index is 12.6. The number of carbonyl (C=O) groups is 2. The summed E-state index contributed by atoms with van der Waals surface area (Å²) in [5, 5.41) is 4.04. The highest BCUT2D eigenvalue weighted by Crippen LogP contribution is 2.26. The molecule has 0 spiro atoms. The van der Waals surface area contributed by atoms with Crippen molar-refractivity contribution in [1.29, 1.82) is 0 Å². The number of ether oxygens (including phenoxy) is 1. The van der Waals surface area contributed by atoms with Gasteiger partial charge in [0, 0.05) is 16.1 Å². The number of para-hydroxylation sites is 1. The predicted molar refractivity (Wildman–Crippen MR) is 106 cm³/mol. The van der Waals surface area contributed by atoms with Crippen LogP contribution in [0.25, 0.3) is 10.9 Å². The Morgan fingerprint density at radius 2 is 1.85 bits per heavy atom. The van der Waals surface area contributed by atoms with E-state index >= 15 is 0 Å². The summed E-state index contributed by atoms with van der Waals surface area (Å²) in [5.41, 5.74) is 2.13. The molecule has 7 heteroatoms. The van der Waals surface area contributed by atoms with Crippen LogP contribution in [0.5, 0.6) is 0 Å². The number of nitrogens with one attached hydrogen (secondary N) is 1. The molecule has 0 saturated heterocycles. The lowest BCUT2D eigenvalue weighted by atomic mass is 10.1. The summed E-state index contributed by atoms with van der Waals surface area (Å²) in [6.45, 7) is 3.29. The normalized spacial score (nSPS) is 11.9. The molecular weight excluding hydrogens is 387 g/mol. The zero-order chi connectivity index (χ0) is 19.6. The van der Waals surface area contributed by atoms with Gasteiger partial charge in [-0.15, -0.1) is 0 Å². The van der Waals surface area contributed by atoms with Gasteiger partial charge >= 0.3 is 5.97 Å². The SMILES string of the molecule is Cc1cc(C(=O)O[C@@H](C)C(=O)Nc2ccc(Cl)cc2Cl)c2ccccc2n1. The minimum absolute atomic E-state index is 0.296. The average molecular weight is 403 g/mol. The first-order valence-electron chi connectivity index (χ1n) is 8.18. The lowest BCUT2D eigenvalue weighted by molar-refractivity contribution is -0.123. The van der Waals surface area contributed by atoms with Crippen LogP contribution in [0.15, 0.2) is 48.5 Å². The Balaban J connectivity index is 1.77. The van der Waals surface area contributed by atoms with Gasteiger partial charge < -0.3 is 10.1 Å². The smallest absolute Gasteiger partial charge is 0.339 e. The molecule has 3 aromatic rings. The molecule has 0 aliphatic carbocycles. The van der Waals surface area contributed by atoms with E-state index in [1.54, 1.807) is 31.2 Å². The van der Waals surface area contributed by atoms with Crippen LogP contribution in [0.1, 0.15) is 23.0 Å². The highest BCUT2D eigenvalue weighted by atomic mass is 35.5. The lowest BCUT2D eigenvalue weighted by Gasteiger charge is -2.15. The molecule has 0 bridgehead atoms. The van der Waals surface area contributed by atoms with Crippen molar-refractivity contribution in [3.63, 3.8) is 0 Å². The number of rotatable bonds is 4. The molecule has 1 atom stereocenters. The van der Waals surface area contributed by atoms with Gasteiger partial charge in [-0.3, -0.25) is 9.78 Å². The monoisotopic (exact) mass is 402 g/mol. The number of nitrogens with zero attached hydrogens (tertiary/aromatic N) is 1. The number of anilines is 1. The number of aromatic nitrogens is 1. The summed E-state index contributed by atoms with van der Waals surface area (Å²) < 4.78 is 5.35. The first-order chi connectivity index (χ1) is 12.8. The van der Waals surface area contributed by atoms with E-state index < -0.39 is 18.0 Å². The Bertz CT molecular complexity index is 1040. The molecule has 0 saturated carbocycles. The van der Waals surface area contributed by atoms with Crippen LogP contribution in [-0.4, -0.2) is 23.0 Å². The Morgan fingerprint density at radius 3 is 2.59 bits per heavy atom. The van der Waals surface area contributed by atoms with Crippen molar-refractivity contribution >= 4 is 51.7 Å². The Kier molecular flexibility index (Phi) is 5.63. The van der Waals surface area contributed by atoms with Crippen LogP contribution in [0, 0.1) is 6.92 Å². The molecule has 1 heterocycles. The van der Waals surface area contributed by atoms with Crippen molar-refractivity contribution in [3.05, 3.63) is 69.8 Å². The number of esters is 1. The summed E-state index contributed by atoms with van der Waals surface area (Å²) >= 11 is 11.9. The number of benzene rings is 2. The van der Waals surface area contributed by atoms with Crippen molar-refractivity contribution in [3.8, 4) is 0 Å². The molecule has 0 fully saturated rings. The van der Waals surface area contributed by atoms with Crippen LogP contribution in [0.2, 0.25) is 10.0 Å². The van der Waals surface area contributed by atoms with Gasteiger partial charge in [-0.2, -0.15) is 0 Å². The van der Waals surface area contributed by atoms with Crippen molar-refractivity contribution < 1.29 is 14.3 Å². The second-order valence-electron chi connectivity index (χ2n) is 5.99. The largest absolute Gasteiger partial charge is 0.449 e. The van der Waals surface area contributed by atoms with E-state index in [-0.39, 0.29) is 0 Å². The Labute approximate surface area is 166 Å². The Hall–Kier alpha value is -2.63. The van der Waals surface area contributed by atoms with E-state index in [1.807, 2.05) is 18.2 Å². The van der Waals surface area contributed by atoms with Gasteiger partial charge in [0.05, 0.1) is 21.8 Å². The highest BCUT2D eigenvalue weighted by Gasteiger charge is 2.21. The number of hydrogen-bond acceptors (Lipinski definition) is 4. The van der Waals surface area contributed by atoms with Crippen LogP contribution in [0.4, 0.5) is 5.69 Å². The van der Waals surface area contributed by atoms with Gasteiger partial charge in [0.25, 0.3) is 5.91 Å². The van der Waals surface area contributed by atoms with Gasteiger partial charge in [-0.05, 0) is 44.2 Å². The molecule has 0 aliphatic heterocycles. The highest BCUT2D eigenvalue weighted by molar-refractivity contribution is 6.36. The first-order valence-corrected chi connectivity index (χ1v) is 8.94. The van der Waals surface area contributed by atoms with Gasteiger partial charge in [0.1, 0.15) is 0 Å².